The van der Waals surface area contributed by atoms with E-state index in [1.54, 1.807) is 0 Å². The Morgan fingerprint density at radius 3 is 2.72 bits per heavy atom. The lowest BCUT2D eigenvalue weighted by molar-refractivity contribution is -0.148. The van der Waals surface area contributed by atoms with Gasteiger partial charge in [0.15, 0.2) is 0 Å². The molecule has 18 heavy (non-hydrogen) atoms. The zero-order chi connectivity index (χ0) is 12.1. The van der Waals surface area contributed by atoms with Crippen molar-refractivity contribution >= 4 is 5.91 Å². The van der Waals surface area contributed by atoms with Crippen molar-refractivity contribution in [1.82, 2.24) is 9.80 Å². The van der Waals surface area contributed by atoms with Gasteiger partial charge in [-0.15, -0.1) is 0 Å². The summed E-state index contributed by atoms with van der Waals surface area (Å²) in [6, 6.07) is 1.39. The summed E-state index contributed by atoms with van der Waals surface area (Å²) in [6.07, 6.45) is 8.78. The first-order valence-corrected chi connectivity index (χ1v) is 7.86. The summed E-state index contributed by atoms with van der Waals surface area (Å²) >= 11 is 0. The lowest BCUT2D eigenvalue weighted by Crippen LogP contribution is -2.64. The molecule has 0 spiro atoms. The monoisotopic (exact) mass is 248 g/mol. The zero-order valence-electron chi connectivity index (χ0n) is 11.2. The number of carbonyl (C=O) groups is 1. The van der Waals surface area contributed by atoms with Crippen LogP contribution in [-0.4, -0.2) is 47.4 Å². The average molecular weight is 248 g/mol. The average Bonchev–Trinajstić information content (AvgIpc) is 2.40. The van der Waals surface area contributed by atoms with Gasteiger partial charge in [-0.2, -0.15) is 0 Å². The van der Waals surface area contributed by atoms with Gasteiger partial charge in [0, 0.05) is 31.6 Å². The van der Waals surface area contributed by atoms with Gasteiger partial charge in [0.1, 0.15) is 0 Å². The van der Waals surface area contributed by atoms with Crippen molar-refractivity contribution in [3.05, 3.63) is 0 Å². The molecule has 4 heterocycles. The Labute approximate surface area is 110 Å². The minimum Gasteiger partial charge on any atom is -0.339 e. The molecule has 4 atom stereocenters. The number of amides is 1. The minimum absolute atomic E-state index is 0.449. The van der Waals surface area contributed by atoms with Gasteiger partial charge in [0.2, 0.25) is 5.91 Å². The Kier molecular flexibility index (Phi) is 2.65. The fourth-order valence-electron chi connectivity index (χ4n) is 5.10. The van der Waals surface area contributed by atoms with Crippen molar-refractivity contribution in [3.63, 3.8) is 0 Å². The number of fused-ring (bicyclic) bond motifs is 6. The zero-order valence-corrected chi connectivity index (χ0v) is 11.2. The molecule has 0 N–H and O–H groups in total. The summed E-state index contributed by atoms with van der Waals surface area (Å²) in [7, 11) is 0. The standard InChI is InChI=1S/C15H24N2O/c18-15-6-3-5-14-11-8-12(10-17(14)15)13-4-1-2-7-16(13)9-11/h11-14H,1-10H2/t11?,12?,13-,14+/m0/s1. The van der Waals surface area contributed by atoms with Crippen LogP contribution in [0, 0.1) is 11.8 Å². The van der Waals surface area contributed by atoms with Crippen LogP contribution in [0.2, 0.25) is 0 Å². The Hall–Kier alpha value is -0.570. The third kappa shape index (κ3) is 1.63. The van der Waals surface area contributed by atoms with E-state index in [9.17, 15) is 4.79 Å². The fourth-order valence-corrected chi connectivity index (χ4v) is 5.10. The summed E-state index contributed by atoms with van der Waals surface area (Å²) in [5.41, 5.74) is 0. The number of carbonyl (C=O) groups excluding carboxylic acids is 1. The van der Waals surface area contributed by atoms with Gasteiger partial charge < -0.3 is 4.90 Å². The fraction of sp³-hybridized carbons (Fsp3) is 0.933. The maximum atomic E-state index is 12.1. The predicted molar refractivity (Wildman–Crippen MR) is 70.2 cm³/mol. The number of piperidine rings is 4. The molecule has 0 aromatic carbocycles. The first-order valence-electron chi connectivity index (χ1n) is 7.86. The van der Waals surface area contributed by atoms with Crippen LogP contribution < -0.4 is 0 Å². The highest BCUT2D eigenvalue weighted by molar-refractivity contribution is 5.77. The first-order chi connectivity index (χ1) is 8.83. The molecule has 2 unspecified atom stereocenters. The highest BCUT2D eigenvalue weighted by Crippen LogP contribution is 2.42. The Morgan fingerprint density at radius 1 is 0.944 bits per heavy atom. The van der Waals surface area contributed by atoms with E-state index in [0.717, 1.165) is 37.3 Å². The molecular weight excluding hydrogens is 224 g/mol. The van der Waals surface area contributed by atoms with Gasteiger partial charge in [-0.1, -0.05) is 6.42 Å². The molecule has 4 fully saturated rings. The molecule has 4 aliphatic rings. The topological polar surface area (TPSA) is 23.6 Å². The smallest absolute Gasteiger partial charge is 0.222 e. The molecule has 4 aliphatic heterocycles. The van der Waals surface area contributed by atoms with Gasteiger partial charge in [-0.3, -0.25) is 9.69 Å². The van der Waals surface area contributed by atoms with Crippen molar-refractivity contribution in [3.8, 4) is 0 Å². The Bertz CT molecular complexity index is 356. The number of hydrogen-bond acceptors (Lipinski definition) is 2. The van der Waals surface area contributed by atoms with Crippen LogP contribution in [0.15, 0.2) is 0 Å². The second-order valence-electron chi connectivity index (χ2n) is 6.82. The molecule has 3 nitrogen and oxygen atoms in total. The molecule has 0 aromatic rings. The Balaban J connectivity index is 1.59. The normalized spacial score (nSPS) is 44.4. The van der Waals surface area contributed by atoms with Crippen LogP contribution in [0.3, 0.4) is 0 Å². The molecule has 3 heteroatoms. The third-order valence-electron chi connectivity index (χ3n) is 5.87. The molecule has 0 radical (unpaired) electrons. The molecule has 0 saturated carbocycles. The summed E-state index contributed by atoms with van der Waals surface area (Å²) < 4.78 is 0. The molecule has 4 saturated heterocycles. The summed E-state index contributed by atoms with van der Waals surface area (Å²) in [6.45, 7) is 3.66. The second-order valence-corrected chi connectivity index (χ2v) is 6.82. The lowest BCUT2D eigenvalue weighted by Gasteiger charge is -2.56. The van der Waals surface area contributed by atoms with Crippen molar-refractivity contribution in [2.45, 2.75) is 57.0 Å². The molecule has 0 aliphatic carbocycles. The van der Waals surface area contributed by atoms with Crippen LogP contribution in [0.5, 0.6) is 0 Å². The lowest BCUT2D eigenvalue weighted by atomic mass is 9.71. The number of hydrogen-bond donors (Lipinski definition) is 0. The highest BCUT2D eigenvalue weighted by Gasteiger charge is 2.47. The van der Waals surface area contributed by atoms with Gasteiger partial charge in [-0.25, -0.2) is 0 Å². The van der Waals surface area contributed by atoms with Crippen molar-refractivity contribution in [2.24, 2.45) is 11.8 Å². The van der Waals surface area contributed by atoms with Gasteiger partial charge in [0.05, 0.1) is 0 Å². The summed E-state index contributed by atoms with van der Waals surface area (Å²) in [4.78, 5) is 17.2. The molecule has 2 bridgehead atoms. The quantitative estimate of drug-likeness (QED) is 0.653. The highest BCUT2D eigenvalue weighted by atomic mass is 16.2. The largest absolute Gasteiger partial charge is 0.339 e. The Morgan fingerprint density at radius 2 is 1.78 bits per heavy atom. The molecule has 100 valence electrons. The summed E-state index contributed by atoms with van der Waals surface area (Å²) in [5.74, 6) is 2.01. The molecule has 1 amide bonds. The van der Waals surface area contributed by atoms with Crippen molar-refractivity contribution < 1.29 is 4.79 Å². The molecule has 0 aromatic heterocycles. The van der Waals surface area contributed by atoms with E-state index >= 15 is 0 Å². The summed E-state index contributed by atoms with van der Waals surface area (Å²) in [5, 5.41) is 0. The maximum absolute atomic E-state index is 12.1. The van der Waals surface area contributed by atoms with E-state index < -0.39 is 0 Å². The van der Waals surface area contributed by atoms with Crippen LogP contribution in [0.4, 0.5) is 0 Å². The van der Waals surface area contributed by atoms with E-state index in [1.807, 2.05) is 0 Å². The van der Waals surface area contributed by atoms with E-state index in [-0.39, 0.29) is 0 Å². The predicted octanol–water partition coefficient (Wildman–Crippen LogP) is 1.87. The number of rotatable bonds is 0. The maximum Gasteiger partial charge on any atom is 0.222 e. The third-order valence-corrected chi connectivity index (χ3v) is 5.87. The van der Waals surface area contributed by atoms with Gasteiger partial charge in [0.25, 0.3) is 0 Å². The van der Waals surface area contributed by atoms with E-state index in [2.05, 4.69) is 9.80 Å². The SMILES string of the molecule is O=C1CCC[C@@H]2C3CC(CN12)[C@@H]1CCCCN1C3. The van der Waals surface area contributed by atoms with Crippen LogP contribution in [0.25, 0.3) is 0 Å². The first kappa shape index (κ1) is 11.3. The number of nitrogens with zero attached hydrogens (tertiary/aromatic N) is 2. The van der Waals surface area contributed by atoms with E-state index in [0.29, 0.717) is 11.9 Å². The second kappa shape index (κ2) is 4.22. The van der Waals surface area contributed by atoms with E-state index in [1.165, 1.54) is 45.2 Å². The van der Waals surface area contributed by atoms with Crippen LogP contribution >= 0.6 is 0 Å². The van der Waals surface area contributed by atoms with Gasteiger partial charge >= 0.3 is 0 Å². The van der Waals surface area contributed by atoms with Crippen molar-refractivity contribution in [1.29, 1.82) is 0 Å². The minimum atomic E-state index is 0.449. The van der Waals surface area contributed by atoms with Gasteiger partial charge in [-0.05, 0) is 50.5 Å². The van der Waals surface area contributed by atoms with Crippen LogP contribution in [0.1, 0.15) is 44.9 Å². The molecular formula is C15H24N2O. The van der Waals surface area contributed by atoms with E-state index in [4.69, 9.17) is 0 Å². The van der Waals surface area contributed by atoms with Crippen molar-refractivity contribution in [2.75, 3.05) is 19.6 Å². The van der Waals surface area contributed by atoms with Crippen LogP contribution in [-0.2, 0) is 4.79 Å². The molecule has 4 rings (SSSR count).